The second kappa shape index (κ2) is 10.2. The van der Waals surface area contributed by atoms with Crippen molar-refractivity contribution >= 4 is 29.5 Å². The maximum Gasteiger partial charge on any atom is 0.267 e. The molecule has 6 nitrogen and oxygen atoms in total. The lowest BCUT2D eigenvalue weighted by molar-refractivity contribution is -0.124. The van der Waals surface area contributed by atoms with Gasteiger partial charge in [0, 0.05) is 42.5 Å². The maximum atomic E-state index is 13.0. The first kappa shape index (κ1) is 22.5. The standard InChI is InChI=1S/C25H29N3O3/c1-18-16-28(17-19(2)27(18)3)23-10-5-4-9-22(23)24(29)13-11-20-7-6-8-21(15-20)12-14-25(30)26-31/h4-15,18-19,31H,16-17H2,1-3H3,(H,26,30)/t18-,19+. The van der Waals surface area contributed by atoms with E-state index < -0.39 is 5.91 Å². The molecule has 0 bridgehead atoms. The molecular weight excluding hydrogens is 390 g/mol. The molecule has 0 radical (unpaired) electrons. The largest absolute Gasteiger partial charge is 0.368 e. The molecule has 2 atom stereocenters. The molecule has 2 N–H and O–H groups in total. The molecule has 1 aliphatic rings. The molecule has 1 fully saturated rings. The number of anilines is 1. The average molecular weight is 420 g/mol. The molecule has 3 rings (SSSR count). The number of nitrogens with one attached hydrogen (secondary N) is 1. The summed E-state index contributed by atoms with van der Waals surface area (Å²) in [4.78, 5) is 28.8. The van der Waals surface area contributed by atoms with Gasteiger partial charge in [-0.2, -0.15) is 0 Å². The number of hydrogen-bond acceptors (Lipinski definition) is 5. The number of carbonyl (C=O) groups is 2. The van der Waals surface area contributed by atoms with E-state index in [1.807, 2.05) is 48.5 Å². The van der Waals surface area contributed by atoms with Gasteiger partial charge in [0.25, 0.3) is 5.91 Å². The minimum absolute atomic E-state index is 0.0459. The third kappa shape index (κ3) is 5.69. The fraction of sp³-hybridized carbons (Fsp3) is 0.280. The third-order valence-electron chi connectivity index (χ3n) is 5.75. The Hall–Kier alpha value is -3.22. The lowest BCUT2D eigenvalue weighted by Gasteiger charge is -2.44. The zero-order valence-electron chi connectivity index (χ0n) is 18.2. The lowest BCUT2D eigenvalue weighted by atomic mass is 10.0. The Morgan fingerprint density at radius 1 is 0.968 bits per heavy atom. The average Bonchev–Trinajstić information content (AvgIpc) is 2.79. The number of allylic oxidation sites excluding steroid dienone is 1. The number of piperazine rings is 1. The highest BCUT2D eigenvalue weighted by molar-refractivity contribution is 6.10. The molecular formula is C25H29N3O3. The number of nitrogens with zero attached hydrogens (tertiary/aromatic N) is 2. The Kier molecular flexibility index (Phi) is 7.39. The van der Waals surface area contributed by atoms with E-state index in [0.29, 0.717) is 17.6 Å². The van der Waals surface area contributed by atoms with Crippen LogP contribution < -0.4 is 10.4 Å². The highest BCUT2D eigenvalue weighted by atomic mass is 16.5. The van der Waals surface area contributed by atoms with Gasteiger partial charge < -0.3 is 4.90 Å². The van der Waals surface area contributed by atoms with Crippen LogP contribution in [0.2, 0.25) is 0 Å². The van der Waals surface area contributed by atoms with Crippen LogP contribution in [0, 0.1) is 0 Å². The van der Waals surface area contributed by atoms with Gasteiger partial charge in [0.2, 0.25) is 0 Å². The van der Waals surface area contributed by atoms with Crippen molar-refractivity contribution in [3.05, 3.63) is 77.4 Å². The van der Waals surface area contributed by atoms with E-state index in [1.165, 1.54) is 6.08 Å². The highest BCUT2D eigenvalue weighted by Crippen LogP contribution is 2.26. The highest BCUT2D eigenvalue weighted by Gasteiger charge is 2.28. The molecule has 0 aromatic heterocycles. The van der Waals surface area contributed by atoms with Gasteiger partial charge in [-0.15, -0.1) is 0 Å². The summed E-state index contributed by atoms with van der Waals surface area (Å²) < 4.78 is 0. The second-order valence-corrected chi connectivity index (χ2v) is 7.96. The number of benzene rings is 2. The Balaban J connectivity index is 1.78. The molecule has 162 valence electrons. The molecule has 0 aliphatic carbocycles. The van der Waals surface area contributed by atoms with E-state index in [0.717, 1.165) is 29.9 Å². The Morgan fingerprint density at radius 3 is 2.23 bits per heavy atom. The molecule has 2 aromatic rings. The molecule has 0 spiro atoms. The maximum absolute atomic E-state index is 13.0. The third-order valence-corrected chi connectivity index (χ3v) is 5.75. The normalized spacial score (nSPS) is 19.8. The SMILES string of the molecule is C[C@@H]1CN(c2ccccc2C(=O)C=Cc2cccc(C=CC(=O)NO)c2)C[C@H](C)N1C. The van der Waals surface area contributed by atoms with Gasteiger partial charge in [-0.25, -0.2) is 5.48 Å². The molecule has 1 heterocycles. The van der Waals surface area contributed by atoms with Gasteiger partial charge in [0.1, 0.15) is 0 Å². The zero-order chi connectivity index (χ0) is 22.4. The van der Waals surface area contributed by atoms with Crippen LogP contribution in [0.1, 0.15) is 35.3 Å². The van der Waals surface area contributed by atoms with E-state index in [4.69, 9.17) is 5.21 Å². The van der Waals surface area contributed by atoms with Crippen LogP contribution in [0.3, 0.4) is 0 Å². The summed E-state index contributed by atoms with van der Waals surface area (Å²) in [5, 5.41) is 8.57. The van der Waals surface area contributed by atoms with Crippen LogP contribution in [0.15, 0.2) is 60.7 Å². The summed E-state index contributed by atoms with van der Waals surface area (Å²) in [6.07, 6.45) is 6.20. The van der Waals surface area contributed by atoms with E-state index >= 15 is 0 Å². The lowest BCUT2D eigenvalue weighted by Crippen LogP contribution is -2.55. The van der Waals surface area contributed by atoms with Crippen molar-refractivity contribution in [3.63, 3.8) is 0 Å². The minimum atomic E-state index is -0.597. The smallest absolute Gasteiger partial charge is 0.267 e. The first-order valence-corrected chi connectivity index (χ1v) is 10.4. The molecule has 0 unspecified atom stereocenters. The summed E-state index contributed by atoms with van der Waals surface area (Å²) in [7, 11) is 2.14. The predicted octanol–water partition coefficient (Wildman–Crippen LogP) is 3.63. The first-order chi connectivity index (χ1) is 14.9. The van der Waals surface area contributed by atoms with Gasteiger partial charge in [-0.1, -0.05) is 36.4 Å². The fourth-order valence-corrected chi connectivity index (χ4v) is 3.80. The van der Waals surface area contributed by atoms with E-state index in [9.17, 15) is 9.59 Å². The van der Waals surface area contributed by atoms with Crippen molar-refractivity contribution in [2.45, 2.75) is 25.9 Å². The zero-order valence-corrected chi connectivity index (χ0v) is 18.2. The number of hydroxylamine groups is 1. The Morgan fingerprint density at radius 2 is 1.58 bits per heavy atom. The first-order valence-electron chi connectivity index (χ1n) is 10.4. The Bertz CT molecular complexity index is 987. The van der Waals surface area contributed by atoms with E-state index in [2.05, 4.69) is 30.7 Å². The number of likely N-dealkylation sites (N-methyl/N-ethyl adjacent to an activating group) is 1. The predicted molar refractivity (Wildman–Crippen MR) is 124 cm³/mol. The summed E-state index contributed by atoms with van der Waals surface area (Å²) in [5.74, 6) is -0.643. The van der Waals surface area contributed by atoms with Crippen molar-refractivity contribution in [1.29, 1.82) is 0 Å². The van der Waals surface area contributed by atoms with Gasteiger partial charge in [-0.05, 0) is 62.4 Å². The van der Waals surface area contributed by atoms with Gasteiger partial charge >= 0.3 is 0 Å². The molecule has 6 heteroatoms. The molecule has 0 saturated carbocycles. The Labute approximate surface area is 183 Å². The van der Waals surface area contributed by atoms with Crippen LogP contribution in [-0.4, -0.2) is 54.0 Å². The van der Waals surface area contributed by atoms with Crippen molar-refractivity contribution in [3.8, 4) is 0 Å². The van der Waals surface area contributed by atoms with Crippen LogP contribution in [-0.2, 0) is 4.79 Å². The van der Waals surface area contributed by atoms with Gasteiger partial charge in [-0.3, -0.25) is 19.7 Å². The summed E-state index contributed by atoms with van der Waals surface area (Å²) in [6, 6.07) is 16.0. The minimum Gasteiger partial charge on any atom is -0.368 e. The van der Waals surface area contributed by atoms with Crippen LogP contribution >= 0.6 is 0 Å². The number of ketones is 1. The fourth-order valence-electron chi connectivity index (χ4n) is 3.80. The summed E-state index contributed by atoms with van der Waals surface area (Å²) in [6.45, 7) is 6.17. The number of para-hydroxylation sites is 1. The van der Waals surface area contributed by atoms with Crippen LogP contribution in [0.4, 0.5) is 5.69 Å². The summed E-state index contributed by atoms with van der Waals surface area (Å²) >= 11 is 0. The topological polar surface area (TPSA) is 72.9 Å². The van der Waals surface area contributed by atoms with Crippen LogP contribution in [0.25, 0.3) is 12.2 Å². The van der Waals surface area contributed by atoms with Crippen molar-refractivity contribution in [2.24, 2.45) is 0 Å². The van der Waals surface area contributed by atoms with E-state index in [1.54, 1.807) is 23.7 Å². The summed E-state index contributed by atoms with van der Waals surface area (Å²) in [5.41, 5.74) is 4.86. The van der Waals surface area contributed by atoms with Gasteiger partial charge in [0.05, 0.1) is 0 Å². The number of carbonyl (C=O) groups excluding carboxylic acids is 2. The van der Waals surface area contributed by atoms with Gasteiger partial charge in [0.15, 0.2) is 5.78 Å². The van der Waals surface area contributed by atoms with Crippen molar-refractivity contribution in [2.75, 3.05) is 25.0 Å². The monoisotopic (exact) mass is 419 g/mol. The molecule has 2 aromatic carbocycles. The van der Waals surface area contributed by atoms with Crippen molar-refractivity contribution < 1.29 is 14.8 Å². The van der Waals surface area contributed by atoms with Crippen molar-refractivity contribution in [1.82, 2.24) is 10.4 Å². The molecule has 1 saturated heterocycles. The molecule has 1 amide bonds. The van der Waals surface area contributed by atoms with Crippen LogP contribution in [0.5, 0.6) is 0 Å². The molecule has 31 heavy (non-hydrogen) atoms. The number of amides is 1. The number of hydrogen-bond donors (Lipinski definition) is 2. The second-order valence-electron chi connectivity index (χ2n) is 7.96. The quantitative estimate of drug-likeness (QED) is 0.324. The number of rotatable bonds is 6. The van der Waals surface area contributed by atoms with E-state index in [-0.39, 0.29) is 5.78 Å². The molecule has 1 aliphatic heterocycles.